The first-order chi connectivity index (χ1) is 9.74. The van der Waals surface area contributed by atoms with Crippen LogP contribution in [0.2, 0.25) is 5.02 Å². The molecule has 0 bridgehead atoms. The fourth-order valence-corrected chi connectivity index (χ4v) is 2.83. The van der Waals surface area contributed by atoms with Crippen molar-refractivity contribution in [3.8, 4) is 5.88 Å². The molecule has 1 N–H and O–H groups in total. The second kappa shape index (κ2) is 7.67. The summed E-state index contributed by atoms with van der Waals surface area (Å²) in [4.78, 5) is 8.57. The van der Waals surface area contributed by atoms with Crippen LogP contribution in [-0.4, -0.2) is 22.6 Å². The summed E-state index contributed by atoms with van der Waals surface area (Å²) >= 11 is 6.16. The molecular weight excluding hydrogens is 274 g/mol. The molecule has 5 heteroatoms. The summed E-state index contributed by atoms with van der Waals surface area (Å²) in [5.41, 5.74) is 0. The van der Waals surface area contributed by atoms with E-state index in [2.05, 4.69) is 29.1 Å². The highest BCUT2D eigenvalue weighted by molar-refractivity contribution is 6.31. The molecule has 4 nitrogen and oxygen atoms in total. The fraction of sp³-hybridized carbons (Fsp3) is 0.733. The largest absolute Gasteiger partial charge is 0.473 e. The van der Waals surface area contributed by atoms with E-state index in [0.29, 0.717) is 22.8 Å². The van der Waals surface area contributed by atoms with Gasteiger partial charge in [0.1, 0.15) is 11.1 Å². The average Bonchev–Trinajstić information content (AvgIpc) is 2.48. The van der Waals surface area contributed by atoms with E-state index in [1.54, 1.807) is 6.20 Å². The molecule has 0 aliphatic heterocycles. The first kappa shape index (κ1) is 15.4. The van der Waals surface area contributed by atoms with Crippen molar-refractivity contribution in [3.05, 3.63) is 11.2 Å². The number of hydrogen-bond acceptors (Lipinski definition) is 4. The lowest BCUT2D eigenvalue weighted by atomic mass is 9.85. The van der Waals surface area contributed by atoms with Gasteiger partial charge in [-0.1, -0.05) is 31.9 Å². The number of ether oxygens (including phenoxy) is 1. The molecule has 1 saturated carbocycles. The Morgan fingerprint density at radius 1 is 1.35 bits per heavy atom. The van der Waals surface area contributed by atoms with Gasteiger partial charge in [-0.2, -0.15) is 4.98 Å². The lowest BCUT2D eigenvalue weighted by Crippen LogP contribution is -2.30. The Bertz CT molecular complexity index is 428. The minimum absolute atomic E-state index is 0.236. The second-order valence-corrected chi connectivity index (χ2v) is 5.79. The number of nitrogens with one attached hydrogen (secondary N) is 1. The number of rotatable bonds is 6. The number of anilines is 1. The van der Waals surface area contributed by atoms with E-state index in [1.807, 2.05) is 0 Å². The standard InChI is InChI=1S/C15H24ClN3O/c1-3-9-17-15-18-10-12(16)14(19-15)20-13-8-6-5-7-11(13)4-2/h10-11,13H,3-9H2,1-2H3,(H,17,18,19). The van der Waals surface area contributed by atoms with Gasteiger partial charge >= 0.3 is 0 Å². The van der Waals surface area contributed by atoms with Gasteiger partial charge in [-0.25, -0.2) is 4.98 Å². The summed E-state index contributed by atoms with van der Waals surface area (Å²) in [5, 5.41) is 3.66. The smallest absolute Gasteiger partial charge is 0.237 e. The van der Waals surface area contributed by atoms with Gasteiger partial charge in [0.05, 0.1) is 6.20 Å². The first-order valence-corrected chi connectivity index (χ1v) is 8.05. The molecule has 1 aliphatic carbocycles. The van der Waals surface area contributed by atoms with E-state index in [-0.39, 0.29) is 6.10 Å². The summed E-state index contributed by atoms with van der Waals surface area (Å²) in [6.07, 6.45) is 8.90. The maximum absolute atomic E-state index is 6.16. The van der Waals surface area contributed by atoms with E-state index in [4.69, 9.17) is 16.3 Å². The SMILES string of the molecule is CCCNc1ncc(Cl)c(OC2CCCCC2CC)n1. The topological polar surface area (TPSA) is 47.0 Å². The van der Waals surface area contributed by atoms with Crippen molar-refractivity contribution in [2.45, 2.75) is 58.5 Å². The van der Waals surface area contributed by atoms with Crippen LogP contribution in [0.3, 0.4) is 0 Å². The monoisotopic (exact) mass is 297 g/mol. The molecule has 0 radical (unpaired) electrons. The van der Waals surface area contributed by atoms with E-state index in [0.717, 1.165) is 25.8 Å². The molecular formula is C15H24ClN3O. The zero-order chi connectivity index (χ0) is 14.4. The van der Waals surface area contributed by atoms with Crippen LogP contribution in [0.25, 0.3) is 0 Å². The Hall–Kier alpha value is -1.03. The molecule has 0 spiro atoms. The highest BCUT2D eigenvalue weighted by Crippen LogP contribution is 2.32. The molecule has 2 rings (SSSR count). The Kier molecular flexibility index (Phi) is 5.89. The Morgan fingerprint density at radius 2 is 2.15 bits per heavy atom. The molecule has 2 atom stereocenters. The van der Waals surface area contributed by atoms with Crippen molar-refractivity contribution in [1.82, 2.24) is 9.97 Å². The molecule has 2 unspecified atom stereocenters. The highest BCUT2D eigenvalue weighted by atomic mass is 35.5. The van der Waals surface area contributed by atoms with E-state index in [1.165, 1.54) is 19.3 Å². The van der Waals surface area contributed by atoms with Gasteiger partial charge < -0.3 is 10.1 Å². The lowest BCUT2D eigenvalue weighted by molar-refractivity contribution is 0.0860. The van der Waals surface area contributed by atoms with E-state index < -0.39 is 0 Å². The molecule has 0 amide bonds. The predicted molar refractivity (Wildman–Crippen MR) is 82.5 cm³/mol. The van der Waals surface area contributed by atoms with Gasteiger partial charge in [-0.05, 0) is 38.0 Å². The van der Waals surface area contributed by atoms with Gasteiger partial charge in [-0.3, -0.25) is 0 Å². The van der Waals surface area contributed by atoms with Crippen molar-refractivity contribution in [2.24, 2.45) is 5.92 Å². The molecule has 1 aliphatic rings. The van der Waals surface area contributed by atoms with Gasteiger partial charge in [0.2, 0.25) is 11.8 Å². The van der Waals surface area contributed by atoms with Gasteiger partial charge in [0.15, 0.2) is 0 Å². The number of nitrogens with zero attached hydrogens (tertiary/aromatic N) is 2. The zero-order valence-corrected chi connectivity index (χ0v) is 13.1. The van der Waals surface area contributed by atoms with Crippen LogP contribution in [0.5, 0.6) is 5.88 Å². The molecule has 1 fully saturated rings. The summed E-state index contributed by atoms with van der Waals surface area (Å²) in [7, 11) is 0. The van der Waals surface area contributed by atoms with Crippen molar-refractivity contribution in [1.29, 1.82) is 0 Å². The quantitative estimate of drug-likeness (QED) is 0.850. The molecule has 20 heavy (non-hydrogen) atoms. The number of hydrogen-bond donors (Lipinski definition) is 1. The third-order valence-corrected chi connectivity index (χ3v) is 4.13. The van der Waals surface area contributed by atoms with Crippen LogP contribution >= 0.6 is 11.6 Å². The number of halogens is 1. The summed E-state index contributed by atoms with van der Waals surface area (Å²) in [5.74, 6) is 1.72. The molecule has 0 aromatic carbocycles. The molecule has 1 heterocycles. The van der Waals surface area contributed by atoms with Crippen molar-refractivity contribution >= 4 is 17.5 Å². The maximum atomic E-state index is 6.16. The van der Waals surface area contributed by atoms with Crippen LogP contribution in [0.1, 0.15) is 52.4 Å². The third kappa shape index (κ3) is 3.98. The zero-order valence-electron chi connectivity index (χ0n) is 12.4. The fourth-order valence-electron chi connectivity index (χ4n) is 2.70. The van der Waals surface area contributed by atoms with Crippen molar-refractivity contribution in [3.63, 3.8) is 0 Å². The summed E-state index contributed by atoms with van der Waals surface area (Å²) in [6, 6.07) is 0. The first-order valence-electron chi connectivity index (χ1n) is 7.67. The average molecular weight is 298 g/mol. The van der Waals surface area contributed by atoms with Crippen LogP contribution in [0.15, 0.2) is 6.20 Å². The van der Waals surface area contributed by atoms with Crippen molar-refractivity contribution in [2.75, 3.05) is 11.9 Å². The predicted octanol–water partition coefficient (Wildman–Crippen LogP) is 4.30. The number of aromatic nitrogens is 2. The maximum Gasteiger partial charge on any atom is 0.237 e. The Balaban J connectivity index is 2.06. The van der Waals surface area contributed by atoms with Crippen LogP contribution in [-0.2, 0) is 0 Å². The van der Waals surface area contributed by atoms with E-state index in [9.17, 15) is 0 Å². The van der Waals surface area contributed by atoms with Gasteiger partial charge in [0.25, 0.3) is 0 Å². The third-order valence-electron chi connectivity index (χ3n) is 3.87. The molecule has 0 saturated heterocycles. The second-order valence-electron chi connectivity index (χ2n) is 5.38. The van der Waals surface area contributed by atoms with E-state index >= 15 is 0 Å². The normalized spacial score (nSPS) is 22.6. The Morgan fingerprint density at radius 3 is 2.90 bits per heavy atom. The van der Waals surface area contributed by atoms with Crippen molar-refractivity contribution < 1.29 is 4.74 Å². The minimum atomic E-state index is 0.236. The van der Waals surface area contributed by atoms with Crippen LogP contribution in [0.4, 0.5) is 5.95 Å². The van der Waals surface area contributed by atoms with Gasteiger partial charge in [0, 0.05) is 6.54 Å². The molecule has 1 aromatic heterocycles. The lowest BCUT2D eigenvalue weighted by Gasteiger charge is -2.31. The molecule has 1 aromatic rings. The minimum Gasteiger partial charge on any atom is -0.473 e. The highest BCUT2D eigenvalue weighted by Gasteiger charge is 2.26. The summed E-state index contributed by atoms with van der Waals surface area (Å²) < 4.78 is 6.09. The van der Waals surface area contributed by atoms with Crippen LogP contribution < -0.4 is 10.1 Å². The van der Waals surface area contributed by atoms with Gasteiger partial charge in [-0.15, -0.1) is 0 Å². The molecule has 112 valence electrons. The summed E-state index contributed by atoms with van der Waals surface area (Å²) in [6.45, 7) is 5.18. The van der Waals surface area contributed by atoms with Crippen LogP contribution in [0, 0.1) is 5.92 Å². The Labute approximate surface area is 126 Å².